The van der Waals surface area contributed by atoms with Crippen LogP contribution in [0.2, 0.25) is 5.02 Å². The van der Waals surface area contributed by atoms with E-state index in [1.54, 1.807) is 55.7 Å². The molecular formula is C30H28ClFN4O5S. The summed E-state index contributed by atoms with van der Waals surface area (Å²) >= 11 is 6.00. The lowest BCUT2D eigenvalue weighted by atomic mass is 10.1. The summed E-state index contributed by atoms with van der Waals surface area (Å²) in [5.74, 6) is -1.03. The number of rotatable bonds is 12. The second-order valence-electron chi connectivity index (χ2n) is 9.27. The third kappa shape index (κ3) is 8.51. The van der Waals surface area contributed by atoms with E-state index in [0.29, 0.717) is 5.02 Å². The second-order valence-corrected chi connectivity index (χ2v) is 11.4. The van der Waals surface area contributed by atoms with Crippen molar-refractivity contribution >= 4 is 39.1 Å². The summed E-state index contributed by atoms with van der Waals surface area (Å²) in [4.78, 5) is 31.6. The molecular weight excluding hydrogens is 583 g/mol. The first-order valence-electron chi connectivity index (χ1n) is 12.8. The van der Waals surface area contributed by atoms with Crippen LogP contribution in [0, 0.1) is 5.82 Å². The highest BCUT2D eigenvalue weighted by Crippen LogP contribution is 2.20. The number of aromatic nitrogens is 1. The number of amides is 2. The minimum Gasteiger partial charge on any atom is -0.484 e. The predicted molar refractivity (Wildman–Crippen MR) is 157 cm³/mol. The van der Waals surface area contributed by atoms with E-state index in [-0.39, 0.29) is 35.3 Å². The van der Waals surface area contributed by atoms with Crippen LogP contribution in [0.3, 0.4) is 0 Å². The Morgan fingerprint density at radius 2 is 1.57 bits per heavy atom. The zero-order valence-corrected chi connectivity index (χ0v) is 24.1. The van der Waals surface area contributed by atoms with E-state index < -0.39 is 34.4 Å². The predicted octanol–water partition coefficient (Wildman–Crippen LogP) is 4.79. The first-order valence-corrected chi connectivity index (χ1v) is 14.7. The van der Waals surface area contributed by atoms with Crippen LogP contribution in [0.4, 0.5) is 10.1 Å². The molecule has 0 aliphatic rings. The van der Waals surface area contributed by atoms with E-state index in [2.05, 4.69) is 15.0 Å². The van der Waals surface area contributed by atoms with E-state index in [9.17, 15) is 22.4 Å². The van der Waals surface area contributed by atoms with Crippen molar-refractivity contribution in [2.45, 2.75) is 31.0 Å². The number of pyridine rings is 1. The summed E-state index contributed by atoms with van der Waals surface area (Å²) in [7, 11) is -3.93. The lowest BCUT2D eigenvalue weighted by molar-refractivity contribution is -0.142. The summed E-state index contributed by atoms with van der Waals surface area (Å²) < 4.78 is 46.5. The highest BCUT2D eigenvalue weighted by molar-refractivity contribution is 7.92. The van der Waals surface area contributed by atoms with Crippen molar-refractivity contribution in [2.24, 2.45) is 0 Å². The number of halogens is 2. The van der Waals surface area contributed by atoms with E-state index in [1.807, 2.05) is 0 Å². The molecule has 0 radical (unpaired) electrons. The molecule has 12 heteroatoms. The summed E-state index contributed by atoms with van der Waals surface area (Å²) in [5.41, 5.74) is 1.84. The van der Waals surface area contributed by atoms with Gasteiger partial charge >= 0.3 is 0 Å². The third-order valence-electron chi connectivity index (χ3n) is 6.24. The molecule has 1 heterocycles. The Kier molecular flexibility index (Phi) is 10.1. The van der Waals surface area contributed by atoms with Gasteiger partial charge in [0.2, 0.25) is 5.91 Å². The maximum absolute atomic E-state index is 13.3. The van der Waals surface area contributed by atoms with Gasteiger partial charge in [-0.15, -0.1) is 0 Å². The quantitative estimate of drug-likeness (QED) is 0.238. The van der Waals surface area contributed by atoms with Gasteiger partial charge in [-0.05, 0) is 90.8 Å². The van der Waals surface area contributed by atoms with Gasteiger partial charge in [0.25, 0.3) is 15.9 Å². The van der Waals surface area contributed by atoms with Crippen LogP contribution in [-0.4, -0.2) is 42.8 Å². The van der Waals surface area contributed by atoms with E-state index in [0.717, 1.165) is 23.3 Å². The standard InChI is InChI=1S/C30H28ClFN4O5S/c1-21(30(38)34-18-22-14-16-33-17-15-22)36(19-23-2-4-24(31)5-3-23)29(37)20-41-27-10-12-28(13-11-27)42(39,40)35-26-8-6-25(32)7-9-26/h2-17,21,35H,18-20H2,1H3,(H,34,38)/t21-/m0/s1. The third-order valence-corrected chi connectivity index (χ3v) is 7.89. The van der Waals surface area contributed by atoms with Gasteiger partial charge in [0.15, 0.2) is 6.61 Å². The van der Waals surface area contributed by atoms with Crippen LogP contribution >= 0.6 is 11.6 Å². The van der Waals surface area contributed by atoms with Gasteiger partial charge in [-0.1, -0.05) is 23.7 Å². The number of carbonyl (C=O) groups is 2. The van der Waals surface area contributed by atoms with Crippen LogP contribution in [0.1, 0.15) is 18.1 Å². The molecule has 3 aromatic carbocycles. The van der Waals surface area contributed by atoms with Gasteiger partial charge in [-0.2, -0.15) is 0 Å². The van der Waals surface area contributed by atoms with Crippen LogP contribution in [0.5, 0.6) is 5.75 Å². The Morgan fingerprint density at radius 3 is 2.21 bits per heavy atom. The number of hydrogen-bond donors (Lipinski definition) is 2. The first kappa shape index (κ1) is 30.5. The molecule has 0 saturated heterocycles. The number of benzene rings is 3. The number of anilines is 1. The number of sulfonamides is 1. The lowest BCUT2D eigenvalue weighted by Gasteiger charge is -2.28. The van der Waals surface area contributed by atoms with Gasteiger partial charge in [0.1, 0.15) is 17.6 Å². The molecule has 2 amide bonds. The van der Waals surface area contributed by atoms with Gasteiger partial charge < -0.3 is 15.0 Å². The zero-order valence-electron chi connectivity index (χ0n) is 22.5. The van der Waals surface area contributed by atoms with Crippen molar-refractivity contribution < 1.29 is 27.1 Å². The van der Waals surface area contributed by atoms with E-state index in [1.165, 1.54) is 41.3 Å². The summed E-state index contributed by atoms with van der Waals surface area (Å²) in [6.07, 6.45) is 3.26. The minimum absolute atomic E-state index is 0.0469. The molecule has 218 valence electrons. The van der Waals surface area contributed by atoms with E-state index in [4.69, 9.17) is 16.3 Å². The number of nitrogens with zero attached hydrogens (tertiary/aromatic N) is 2. The maximum atomic E-state index is 13.3. The molecule has 4 rings (SSSR count). The SMILES string of the molecule is C[C@@H](C(=O)NCc1ccncc1)N(Cc1ccc(Cl)cc1)C(=O)COc1ccc(S(=O)(=O)Nc2ccc(F)cc2)cc1. The molecule has 0 spiro atoms. The number of ether oxygens (including phenoxy) is 1. The Balaban J connectivity index is 1.41. The Bertz CT molecular complexity index is 1600. The lowest BCUT2D eigenvalue weighted by Crippen LogP contribution is -2.48. The van der Waals surface area contributed by atoms with Crippen molar-refractivity contribution in [3.05, 3.63) is 119 Å². The molecule has 0 aliphatic carbocycles. The summed E-state index contributed by atoms with van der Waals surface area (Å²) in [6.45, 7) is 1.64. The number of carbonyl (C=O) groups excluding carboxylic acids is 2. The molecule has 0 aliphatic heterocycles. The van der Waals surface area contributed by atoms with Crippen molar-refractivity contribution in [3.8, 4) is 5.75 Å². The van der Waals surface area contributed by atoms with Crippen LogP contribution < -0.4 is 14.8 Å². The fourth-order valence-corrected chi connectivity index (χ4v) is 5.07. The molecule has 0 bridgehead atoms. The normalized spacial score (nSPS) is 11.8. The van der Waals surface area contributed by atoms with Gasteiger partial charge in [-0.3, -0.25) is 19.3 Å². The number of nitrogens with one attached hydrogen (secondary N) is 2. The zero-order chi connectivity index (χ0) is 30.1. The average Bonchev–Trinajstić information content (AvgIpc) is 3.00. The Morgan fingerprint density at radius 1 is 0.929 bits per heavy atom. The Labute approximate surface area is 248 Å². The second kappa shape index (κ2) is 13.9. The van der Waals surface area contributed by atoms with Gasteiger partial charge in [-0.25, -0.2) is 12.8 Å². The molecule has 0 fully saturated rings. The van der Waals surface area contributed by atoms with Crippen LogP contribution in [0.25, 0.3) is 0 Å². The largest absolute Gasteiger partial charge is 0.484 e. The van der Waals surface area contributed by atoms with Crippen molar-refractivity contribution in [1.29, 1.82) is 0 Å². The molecule has 42 heavy (non-hydrogen) atoms. The average molecular weight is 611 g/mol. The molecule has 0 saturated carbocycles. The van der Waals surface area contributed by atoms with Gasteiger partial charge in [0, 0.05) is 36.2 Å². The smallest absolute Gasteiger partial charge is 0.261 e. The van der Waals surface area contributed by atoms with Gasteiger partial charge in [0.05, 0.1) is 4.90 Å². The molecule has 1 atom stereocenters. The van der Waals surface area contributed by atoms with Crippen molar-refractivity contribution in [3.63, 3.8) is 0 Å². The van der Waals surface area contributed by atoms with Crippen LogP contribution in [0.15, 0.2) is 102 Å². The fourth-order valence-electron chi connectivity index (χ4n) is 3.88. The highest BCUT2D eigenvalue weighted by Gasteiger charge is 2.26. The summed E-state index contributed by atoms with van der Waals surface area (Å²) in [5, 5.41) is 3.38. The van der Waals surface area contributed by atoms with Crippen LogP contribution in [-0.2, 0) is 32.7 Å². The van der Waals surface area contributed by atoms with Crippen molar-refractivity contribution in [2.75, 3.05) is 11.3 Å². The van der Waals surface area contributed by atoms with Crippen molar-refractivity contribution in [1.82, 2.24) is 15.2 Å². The molecule has 1 aromatic heterocycles. The summed E-state index contributed by atoms with van der Waals surface area (Å²) in [6, 6.07) is 20.1. The molecule has 0 unspecified atom stereocenters. The van der Waals surface area contributed by atoms with E-state index >= 15 is 0 Å². The first-order chi connectivity index (χ1) is 20.1. The highest BCUT2D eigenvalue weighted by atomic mass is 35.5. The number of hydrogen-bond acceptors (Lipinski definition) is 6. The maximum Gasteiger partial charge on any atom is 0.261 e. The molecule has 9 nitrogen and oxygen atoms in total. The molecule has 2 N–H and O–H groups in total. The monoisotopic (exact) mass is 610 g/mol. The fraction of sp³-hybridized carbons (Fsp3) is 0.167. The topological polar surface area (TPSA) is 118 Å². The Hall–Kier alpha value is -4.48. The minimum atomic E-state index is -3.93. The molecule has 4 aromatic rings.